The molecule has 1 saturated heterocycles. The lowest BCUT2D eigenvalue weighted by molar-refractivity contribution is -0.131. The van der Waals surface area contributed by atoms with Gasteiger partial charge in [0.05, 0.1) is 0 Å². The molecule has 0 N–H and O–H groups in total. The van der Waals surface area contributed by atoms with Crippen LogP contribution >= 0.6 is 27.7 Å². The van der Waals surface area contributed by atoms with E-state index in [1.807, 2.05) is 23.1 Å². The first-order chi connectivity index (χ1) is 12.6. The zero-order chi connectivity index (χ0) is 18.5. The molecule has 26 heavy (non-hydrogen) atoms. The quantitative estimate of drug-likeness (QED) is 0.627. The van der Waals surface area contributed by atoms with Crippen LogP contribution in [-0.4, -0.2) is 42.7 Å². The molecule has 0 aliphatic carbocycles. The second-order valence-electron chi connectivity index (χ2n) is 6.62. The first kappa shape index (κ1) is 19.3. The normalized spacial score (nSPS) is 14.6. The summed E-state index contributed by atoms with van der Waals surface area (Å²) in [5, 5.41) is 0. The molecule has 1 heterocycles. The number of carbonyl (C=O) groups excluding carboxylic acids is 1. The molecular formula is C21H25BrN2OS. The van der Waals surface area contributed by atoms with Crippen LogP contribution < -0.4 is 4.90 Å². The molecule has 2 aromatic rings. The van der Waals surface area contributed by atoms with Crippen LogP contribution in [0.2, 0.25) is 0 Å². The third kappa shape index (κ3) is 4.63. The number of hydrogen-bond acceptors (Lipinski definition) is 3. The Kier molecular flexibility index (Phi) is 6.65. The first-order valence-electron chi connectivity index (χ1n) is 9.02. The van der Waals surface area contributed by atoms with Crippen LogP contribution in [0.5, 0.6) is 0 Å². The summed E-state index contributed by atoms with van der Waals surface area (Å²) in [5.41, 5.74) is 3.98. The summed E-state index contributed by atoms with van der Waals surface area (Å²) in [6, 6.07) is 14.6. The van der Waals surface area contributed by atoms with E-state index in [2.05, 4.69) is 58.9 Å². The Balaban J connectivity index is 1.48. The fourth-order valence-electron chi connectivity index (χ4n) is 3.24. The zero-order valence-electron chi connectivity index (χ0n) is 15.4. The highest BCUT2D eigenvalue weighted by atomic mass is 79.9. The number of piperazine rings is 1. The van der Waals surface area contributed by atoms with Gasteiger partial charge in [-0.25, -0.2) is 0 Å². The highest BCUT2D eigenvalue weighted by Gasteiger charge is 2.22. The average molecular weight is 433 g/mol. The van der Waals surface area contributed by atoms with Crippen LogP contribution in [0.1, 0.15) is 17.5 Å². The number of aryl methyl sites for hydroxylation is 1. The number of nitrogens with zero attached hydrogens (tertiary/aromatic N) is 2. The molecule has 0 spiro atoms. The molecule has 3 nitrogen and oxygen atoms in total. The summed E-state index contributed by atoms with van der Waals surface area (Å²) >= 11 is 5.29. The van der Waals surface area contributed by atoms with Crippen LogP contribution in [0.4, 0.5) is 5.69 Å². The van der Waals surface area contributed by atoms with Gasteiger partial charge >= 0.3 is 0 Å². The molecule has 1 amide bonds. The number of thioether (sulfide) groups is 1. The number of hydrogen-bond donors (Lipinski definition) is 0. The Hall–Kier alpha value is -1.46. The van der Waals surface area contributed by atoms with Gasteiger partial charge in [-0.3, -0.25) is 4.79 Å². The fourth-order valence-corrected chi connectivity index (χ4v) is 4.75. The van der Waals surface area contributed by atoms with Gasteiger partial charge in [0.1, 0.15) is 0 Å². The van der Waals surface area contributed by atoms with Crippen molar-refractivity contribution in [1.82, 2.24) is 4.90 Å². The third-order valence-electron chi connectivity index (χ3n) is 4.96. The first-order valence-corrected chi connectivity index (χ1v) is 10.8. The molecule has 1 fully saturated rings. The van der Waals surface area contributed by atoms with Crippen molar-refractivity contribution in [2.24, 2.45) is 0 Å². The molecule has 5 heteroatoms. The molecule has 0 radical (unpaired) electrons. The molecular weight excluding hydrogens is 408 g/mol. The van der Waals surface area contributed by atoms with Crippen molar-refractivity contribution < 1.29 is 4.79 Å². The molecule has 3 rings (SSSR count). The molecule has 1 aliphatic heterocycles. The summed E-state index contributed by atoms with van der Waals surface area (Å²) in [7, 11) is 0. The largest absolute Gasteiger partial charge is 0.368 e. The zero-order valence-corrected chi connectivity index (χ0v) is 17.8. The van der Waals surface area contributed by atoms with Crippen LogP contribution in [0.3, 0.4) is 0 Å². The van der Waals surface area contributed by atoms with Crippen molar-refractivity contribution >= 4 is 39.3 Å². The number of benzene rings is 2. The molecule has 1 aliphatic rings. The second-order valence-corrected chi connectivity index (χ2v) is 8.61. The van der Waals surface area contributed by atoms with Crippen molar-refractivity contribution in [3.63, 3.8) is 0 Å². The van der Waals surface area contributed by atoms with E-state index in [1.54, 1.807) is 11.8 Å². The summed E-state index contributed by atoms with van der Waals surface area (Å²) in [4.78, 5) is 18.1. The molecule has 2 aromatic carbocycles. The Morgan fingerprint density at radius 3 is 2.50 bits per heavy atom. The van der Waals surface area contributed by atoms with Gasteiger partial charge in [0.2, 0.25) is 5.91 Å². The van der Waals surface area contributed by atoms with Gasteiger partial charge in [-0.1, -0.05) is 24.3 Å². The van der Waals surface area contributed by atoms with Crippen molar-refractivity contribution in [3.05, 3.63) is 58.1 Å². The van der Waals surface area contributed by atoms with Crippen LogP contribution in [-0.2, 0) is 4.79 Å². The van der Waals surface area contributed by atoms with Crippen molar-refractivity contribution in [2.45, 2.75) is 25.2 Å². The Bertz CT molecular complexity index is 772. The minimum absolute atomic E-state index is 0.269. The van der Waals surface area contributed by atoms with Crippen molar-refractivity contribution in [2.75, 3.05) is 36.8 Å². The Morgan fingerprint density at radius 2 is 1.77 bits per heavy atom. The molecule has 0 bridgehead atoms. The van der Waals surface area contributed by atoms with E-state index in [1.165, 1.54) is 21.7 Å². The smallest absolute Gasteiger partial charge is 0.223 e. The maximum atomic E-state index is 12.5. The molecule has 0 unspecified atom stereocenters. The van der Waals surface area contributed by atoms with Gasteiger partial charge < -0.3 is 9.80 Å². The predicted octanol–water partition coefficient (Wildman–Crippen LogP) is 4.90. The Labute approximate surface area is 168 Å². The maximum Gasteiger partial charge on any atom is 0.223 e. The van der Waals surface area contributed by atoms with Crippen LogP contribution in [0.15, 0.2) is 51.8 Å². The monoisotopic (exact) mass is 432 g/mol. The number of amides is 1. The summed E-state index contributed by atoms with van der Waals surface area (Å²) in [5.74, 6) is 1.09. The van der Waals surface area contributed by atoms with E-state index in [4.69, 9.17) is 0 Å². The van der Waals surface area contributed by atoms with Crippen molar-refractivity contribution in [3.8, 4) is 0 Å². The SMILES string of the molecule is Cc1cccc(N2CCN(C(=O)CCSc3ccccc3Br)CC2)c1C. The summed E-state index contributed by atoms with van der Waals surface area (Å²) < 4.78 is 1.10. The number of halogens is 1. The Morgan fingerprint density at radius 1 is 1.04 bits per heavy atom. The number of rotatable bonds is 5. The van der Waals surface area contributed by atoms with Gasteiger partial charge in [-0.05, 0) is 59.1 Å². The van der Waals surface area contributed by atoms with Gasteiger partial charge in [0, 0.05) is 53.4 Å². The minimum atomic E-state index is 0.269. The lowest BCUT2D eigenvalue weighted by atomic mass is 10.1. The van der Waals surface area contributed by atoms with Gasteiger partial charge in [0.15, 0.2) is 0 Å². The van der Waals surface area contributed by atoms with E-state index in [0.717, 1.165) is 36.4 Å². The number of anilines is 1. The van der Waals surface area contributed by atoms with Crippen LogP contribution in [0, 0.1) is 13.8 Å². The summed E-state index contributed by atoms with van der Waals surface area (Å²) in [6.45, 7) is 7.78. The van der Waals surface area contributed by atoms with E-state index >= 15 is 0 Å². The molecule has 0 atom stereocenters. The van der Waals surface area contributed by atoms with E-state index in [-0.39, 0.29) is 5.91 Å². The average Bonchev–Trinajstić information content (AvgIpc) is 2.65. The fraction of sp³-hybridized carbons (Fsp3) is 0.381. The van der Waals surface area contributed by atoms with Crippen LogP contribution in [0.25, 0.3) is 0 Å². The van der Waals surface area contributed by atoms with Gasteiger partial charge in [-0.15, -0.1) is 11.8 Å². The van der Waals surface area contributed by atoms with Gasteiger partial charge in [-0.2, -0.15) is 0 Å². The highest BCUT2D eigenvalue weighted by molar-refractivity contribution is 9.10. The third-order valence-corrected chi connectivity index (χ3v) is 6.99. The highest BCUT2D eigenvalue weighted by Crippen LogP contribution is 2.28. The van der Waals surface area contributed by atoms with Crippen molar-refractivity contribution in [1.29, 1.82) is 0 Å². The van der Waals surface area contributed by atoms with E-state index < -0.39 is 0 Å². The second kappa shape index (κ2) is 8.96. The molecule has 0 saturated carbocycles. The predicted molar refractivity (Wildman–Crippen MR) is 114 cm³/mol. The van der Waals surface area contributed by atoms with Gasteiger partial charge in [0.25, 0.3) is 0 Å². The lowest BCUT2D eigenvalue weighted by Crippen LogP contribution is -2.49. The maximum absolute atomic E-state index is 12.5. The molecule has 138 valence electrons. The molecule has 0 aromatic heterocycles. The minimum Gasteiger partial charge on any atom is -0.368 e. The van der Waals surface area contributed by atoms with E-state index in [0.29, 0.717) is 6.42 Å². The standard InChI is InChI=1S/C21H25BrN2OS/c1-16-6-5-8-19(17(16)2)23-11-13-24(14-12-23)21(25)10-15-26-20-9-4-3-7-18(20)22/h3-9H,10-15H2,1-2H3. The lowest BCUT2D eigenvalue weighted by Gasteiger charge is -2.37. The number of carbonyl (C=O) groups is 1. The summed E-state index contributed by atoms with van der Waals surface area (Å²) in [6.07, 6.45) is 0.593. The topological polar surface area (TPSA) is 23.6 Å². The van der Waals surface area contributed by atoms with E-state index in [9.17, 15) is 4.79 Å².